The lowest BCUT2D eigenvalue weighted by atomic mass is 10.0. The van der Waals surface area contributed by atoms with Crippen LogP contribution in [0.4, 0.5) is 10.6 Å². The number of alkyl carbamates (subject to hydrolysis) is 1. The highest BCUT2D eigenvalue weighted by Gasteiger charge is 2.30. The third-order valence-electron chi connectivity index (χ3n) is 4.92. The van der Waals surface area contributed by atoms with Crippen LogP contribution < -0.4 is 10.6 Å². The summed E-state index contributed by atoms with van der Waals surface area (Å²) in [4.78, 5) is 32.2. The van der Waals surface area contributed by atoms with E-state index in [1.54, 1.807) is 12.4 Å². The molecule has 2 amide bonds. The van der Waals surface area contributed by atoms with E-state index in [9.17, 15) is 9.59 Å². The number of H-pyrrole nitrogens is 1. The van der Waals surface area contributed by atoms with Gasteiger partial charge >= 0.3 is 6.09 Å². The second kappa shape index (κ2) is 8.47. The number of amides is 2. The van der Waals surface area contributed by atoms with Gasteiger partial charge in [0.15, 0.2) is 5.82 Å². The summed E-state index contributed by atoms with van der Waals surface area (Å²) in [6.45, 7) is 3.78. The van der Waals surface area contributed by atoms with Gasteiger partial charge in [-0.3, -0.25) is 9.89 Å². The average molecular weight is 412 g/mol. The fourth-order valence-corrected chi connectivity index (χ4v) is 3.58. The largest absolute Gasteiger partial charge is 0.446 e. The number of hydrogen-bond acceptors (Lipinski definition) is 7. The van der Waals surface area contributed by atoms with Crippen LogP contribution >= 0.6 is 0 Å². The van der Waals surface area contributed by atoms with Gasteiger partial charge in [0.2, 0.25) is 5.91 Å². The molecule has 3 aromatic heterocycles. The lowest BCUT2D eigenvalue weighted by molar-refractivity contribution is -0.115. The number of hydrogen-bond donors (Lipinski definition) is 3. The van der Waals surface area contributed by atoms with Crippen molar-refractivity contribution >= 4 is 23.6 Å². The summed E-state index contributed by atoms with van der Waals surface area (Å²) >= 11 is 0. The molecule has 1 fully saturated rings. The molecule has 158 valence electrons. The molecule has 0 aliphatic heterocycles. The summed E-state index contributed by atoms with van der Waals surface area (Å²) in [6.07, 6.45) is 6.80. The van der Waals surface area contributed by atoms with Gasteiger partial charge in [0.05, 0.1) is 6.42 Å². The Kier molecular flexibility index (Phi) is 5.59. The molecule has 0 saturated heterocycles. The maximum absolute atomic E-state index is 12.3. The van der Waals surface area contributed by atoms with E-state index in [0.717, 1.165) is 30.5 Å². The van der Waals surface area contributed by atoms with Crippen LogP contribution in [-0.2, 0) is 16.0 Å². The molecule has 0 radical (unpaired) electrons. The number of ether oxygens (including phenoxy) is 1. The molecule has 3 heterocycles. The highest BCUT2D eigenvalue weighted by Crippen LogP contribution is 2.35. The minimum absolute atomic E-state index is 0.0439. The standard InChI is InChI=1S/C19H24N8O3/c1-11(2)23-19(29)30-14-4-3-13(6-14)15-7-16(26-25-15)24-17(28)5-12-8-20-18-21-10-22-27(18)9-12/h7-11,13-14H,3-6H2,1-2H3,(H,23,29)(H2,24,25,26,28)/t13-,14+/m0/s1. The molecule has 1 saturated carbocycles. The van der Waals surface area contributed by atoms with Gasteiger partial charge in [-0.1, -0.05) is 0 Å². The van der Waals surface area contributed by atoms with Crippen LogP contribution in [0, 0.1) is 0 Å². The zero-order valence-corrected chi connectivity index (χ0v) is 16.8. The Bertz CT molecular complexity index is 1040. The number of nitrogens with zero attached hydrogens (tertiary/aromatic N) is 5. The molecule has 1 aliphatic rings. The molecule has 0 unspecified atom stereocenters. The number of carbonyl (C=O) groups excluding carboxylic acids is 2. The highest BCUT2D eigenvalue weighted by atomic mass is 16.6. The lowest BCUT2D eigenvalue weighted by Gasteiger charge is -2.14. The first-order valence-electron chi connectivity index (χ1n) is 9.93. The van der Waals surface area contributed by atoms with Crippen LogP contribution in [0.15, 0.2) is 24.8 Å². The SMILES string of the molecule is CC(C)NC(=O)O[C@@H]1CC[C@H](c2cc(NC(=O)Cc3cnc4ncnn4c3)n[nH]2)C1. The van der Waals surface area contributed by atoms with Crippen LogP contribution in [0.2, 0.25) is 0 Å². The molecule has 30 heavy (non-hydrogen) atoms. The first-order valence-corrected chi connectivity index (χ1v) is 9.93. The van der Waals surface area contributed by atoms with E-state index in [1.165, 1.54) is 10.8 Å². The third kappa shape index (κ3) is 4.73. The number of aromatic amines is 1. The highest BCUT2D eigenvalue weighted by molar-refractivity contribution is 5.91. The second-order valence-electron chi connectivity index (χ2n) is 7.74. The summed E-state index contributed by atoms with van der Waals surface area (Å²) < 4.78 is 6.99. The molecule has 4 rings (SSSR count). The maximum atomic E-state index is 12.3. The number of rotatable bonds is 6. The van der Waals surface area contributed by atoms with E-state index < -0.39 is 0 Å². The van der Waals surface area contributed by atoms with Gasteiger partial charge in [-0.2, -0.15) is 15.2 Å². The maximum Gasteiger partial charge on any atom is 0.407 e. The van der Waals surface area contributed by atoms with Crippen molar-refractivity contribution in [1.29, 1.82) is 0 Å². The van der Waals surface area contributed by atoms with Gasteiger partial charge in [-0.05, 0) is 38.7 Å². The van der Waals surface area contributed by atoms with Gasteiger partial charge in [0, 0.05) is 36.1 Å². The lowest BCUT2D eigenvalue weighted by Crippen LogP contribution is -2.33. The van der Waals surface area contributed by atoms with Crippen molar-refractivity contribution in [2.75, 3.05) is 5.32 Å². The van der Waals surface area contributed by atoms with Crippen molar-refractivity contribution in [1.82, 2.24) is 35.1 Å². The van der Waals surface area contributed by atoms with Crippen molar-refractivity contribution in [3.8, 4) is 0 Å². The molecule has 0 spiro atoms. The molecule has 3 N–H and O–H groups in total. The van der Waals surface area contributed by atoms with Gasteiger partial charge in [0.1, 0.15) is 12.4 Å². The second-order valence-corrected chi connectivity index (χ2v) is 7.74. The van der Waals surface area contributed by atoms with E-state index >= 15 is 0 Å². The molecular weight excluding hydrogens is 388 g/mol. The van der Waals surface area contributed by atoms with Crippen molar-refractivity contribution in [3.05, 3.63) is 36.0 Å². The van der Waals surface area contributed by atoms with E-state index in [2.05, 4.69) is 35.9 Å². The van der Waals surface area contributed by atoms with Gasteiger partial charge in [-0.15, -0.1) is 0 Å². The Morgan fingerprint density at radius 2 is 2.20 bits per heavy atom. The van der Waals surface area contributed by atoms with E-state index in [4.69, 9.17) is 4.74 Å². The van der Waals surface area contributed by atoms with Crippen LogP contribution in [0.25, 0.3) is 5.78 Å². The predicted octanol–water partition coefficient (Wildman–Crippen LogP) is 1.80. The Morgan fingerprint density at radius 3 is 3.03 bits per heavy atom. The van der Waals surface area contributed by atoms with Gasteiger partial charge in [0.25, 0.3) is 5.78 Å². The number of fused-ring (bicyclic) bond motifs is 1. The molecule has 11 nitrogen and oxygen atoms in total. The molecule has 11 heteroatoms. The number of aromatic nitrogens is 6. The summed E-state index contributed by atoms with van der Waals surface area (Å²) in [6, 6.07) is 1.88. The molecular formula is C19H24N8O3. The summed E-state index contributed by atoms with van der Waals surface area (Å²) in [5, 5.41) is 16.7. The summed E-state index contributed by atoms with van der Waals surface area (Å²) in [5.41, 5.74) is 1.64. The van der Waals surface area contributed by atoms with E-state index in [0.29, 0.717) is 11.6 Å². The Morgan fingerprint density at radius 1 is 1.33 bits per heavy atom. The smallest absolute Gasteiger partial charge is 0.407 e. The van der Waals surface area contributed by atoms with E-state index in [-0.39, 0.29) is 36.5 Å². The fraction of sp³-hybridized carbons (Fsp3) is 0.474. The van der Waals surface area contributed by atoms with Crippen LogP contribution in [0.3, 0.4) is 0 Å². The van der Waals surface area contributed by atoms with Crippen molar-refractivity contribution in [2.24, 2.45) is 0 Å². The van der Waals surface area contributed by atoms with E-state index in [1.807, 2.05) is 19.9 Å². The Hall–Kier alpha value is -3.50. The number of anilines is 1. The predicted molar refractivity (Wildman–Crippen MR) is 107 cm³/mol. The number of carbonyl (C=O) groups is 2. The van der Waals surface area contributed by atoms with Gasteiger partial charge in [-0.25, -0.2) is 14.3 Å². The normalized spacial score (nSPS) is 18.6. The first kappa shape index (κ1) is 19.8. The zero-order valence-electron chi connectivity index (χ0n) is 16.8. The molecule has 2 atom stereocenters. The molecule has 3 aromatic rings. The number of nitrogens with one attached hydrogen (secondary N) is 3. The fourth-order valence-electron chi connectivity index (χ4n) is 3.58. The van der Waals surface area contributed by atoms with Crippen LogP contribution in [0.1, 0.15) is 50.3 Å². The first-order chi connectivity index (χ1) is 14.5. The topological polar surface area (TPSA) is 139 Å². The summed E-state index contributed by atoms with van der Waals surface area (Å²) in [5.74, 6) is 0.953. The van der Waals surface area contributed by atoms with Crippen molar-refractivity contribution < 1.29 is 14.3 Å². The molecule has 0 bridgehead atoms. The van der Waals surface area contributed by atoms with Crippen molar-refractivity contribution in [2.45, 2.75) is 57.6 Å². The minimum Gasteiger partial charge on any atom is -0.446 e. The van der Waals surface area contributed by atoms with Gasteiger partial charge < -0.3 is 15.4 Å². The third-order valence-corrected chi connectivity index (χ3v) is 4.92. The minimum atomic E-state index is -0.383. The monoisotopic (exact) mass is 412 g/mol. The Balaban J connectivity index is 1.29. The Labute approximate surface area is 172 Å². The van der Waals surface area contributed by atoms with Crippen LogP contribution in [-0.4, -0.2) is 53.9 Å². The van der Waals surface area contributed by atoms with Crippen LogP contribution in [0.5, 0.6) is 0 Å². The average Bonchev–Trinajstić information content (AvgIpc) is 3.40. The molecule has 0 aromatic carbocycles. The quantitative estimate of drug-likeness (QED) is 0.561. The van der Waals surface area contributed by atoms with Crippen molar-refractivity contribution in [3.63, 3.8) is 0 Å². The molecule has 1 aliphatic carbocycles. The summed E-state index contributed by atoms with van der Waals surface area (Å²) in [7, 11) is 0. The zero-order chi connectivity index (χ0) is 21.1.